The van der Waals surface area contributed by atoms with E-state index in [0.29, 0.717) is 12.3 Å². The summed E-state index contributed by atoms with van der Waals surface area (Å²) in [6.07, 6.45) is 0. The minimum absolute atomic E-state index is 0.454. The number of aryl methyl sites for hydroxylation is 2. The van der Waals surface area contributed by atoms with E-state index in [9.17, 15) is 0 Å². The number of nitrogens with zero attached hydrogens (tertiary/aromatic N) is 3. The Balaban J connectivity index is 2.10. The van der Waals surface area contributed by atoms with Crippen LogP contribution in [0.2, 0.25) is 0 Å². The second-order valence-electron chi connectivity index (χ2n) is 4.40. The molecule has 0 fully saturated rings. The Labute approximate surface area is 112 Å². The summed E-state index contributed by atoms with van der Waals surface area (Å²) < 4.78 is 7.53. The van der Waals surface area contributed by atoms with Gasteiger partial charge in [0.2, 0.25) is 0 Å². The zero-order valence-electron chi connectivity index (χ0n) is 11.3. The molecule has 0 bridgehead atoms. The second-order valence-corrected chi connectivity index (χ2v) is 4.40. The number of benzene rings is 1. The van der Waals surface area contributed by atoms with E-state index in [1.807, 2.05) is 44.3 Å². The maximum Gasteiger partial charge on any atom is 0.130 e. The highest BCUT2D eigenvalue weighted by molar-refractivity contribution is 5.98. The van der Waals surface area contributed by atoms with Crippen molar-refractivity contribution < 1.29 is 9.94 Å². The molecule has 19 heavy (non-hydrogen) atoms. The average molecular weight is 259 g/mol. The Bertz CT molecular complexity index is 602. The minimum atomic E-state index is 0.454. The molecule has 0 saturated heterocycles. The SMILES string of the molecule is CC(=NO)c1cccc(OCc2cc(C)nn2C)c1. The average Bonchev–Trinajstić information content (AvgIpc) is 2.74. The van der Waals surface area contributed by atoms with Gasteiger partial charge in [0.25, 0.3) is 0 Å². The van der Waals surface area contributed by atoms with Gasteiger partial charge in [-0.15, -0.1) is 0 Å². The van der Waals surface area contributed by atoms with Gasteiger partial charge in [-0.05, 0) is 32.0 Å². The molecule has 1 aromatic heterocycles. The van der Waals surface area contributed by atoms with Crippen molar-refractivity contribution in [3.63, 3.8) is 0 Å². The number of aromatic nitrogens is 2. The summed E-state index contributed by atoms with van der Waals surface area (Å²) in [6, 6.07) is 9.45. The molecule has 100 valence electrons. The summed E-state index contributed by atoms with van der Waals surface area (Å²) in [4.78, 5) is 0. The number of ether oxygens (including phenoxy) is 1. The smallest absolute Gasteiger partial charge is 0.130 e. The molecule has 1 N–H and O–H groups in total. The van der Waals surface area contributed by atoms with E-state index in [0.717, 1.165) is 22.7 Å². The standard InChI is InChI=1S/C14H17N3O2/c1-10-7-13(17(3)15-10)9-19-14-6-4-5-12(8-14)11(2)16-18/h4-8,18H,9H2,1-3H3. The minimum Gasteiger partial charge on any atom is -0.487 e. The van der Waals surface area contributed by atoms with Crippen LogP contribution >= 0.6 is 0 Å². The quantitative estimate of drug-likeness (QED) is 0.521. The first kappa shape index (κ1) is 13.1. The lowest BCUT2D eigenvalue weighted by Crippen LogP contribution is -2.03. The van der Waals surface area contributed by atoms with E-state index in [-0.39, 0.29) is 0 Å². The fourth-order valence-electron chi connectivity index (χ4n) is 1.83. The third-order valence-electron chi connectivity index (χ3n) is 2.89. The Morgan fingerprint density at radius 3 is 2.84 bits per heavy atom. The molecular weight excluding hydrogens is 242 g/mol. The zero-order valence-corrected chi connectivity index (χ0v) is 11.3. The largest absolute Gasteiger partial charge is 0.487 e. The first-order valence-electron chi connectivity index (χ1n) is 6.01. The van der Waals surface area contributed by atoms with Crippen LogP contribution in [0.5, 0.6) is 5.75 Å². The summed E-state index contributed by atoms with van der Waals surface area (Å²) in [5, 5.41) is 16.2. The van der Waals surface area contributed by atoms with E-state index in [1.165, 1.54) is 0 Å². The highest BCUT2D eigenvalue weighted by Gasteiger charge is 2.04. The van der Waals surface area contributed by atoms with Crippen molar-refractivity contribution in [3.8, 4) is 5.75 Å². The molecule has 2 rings (SSSR count). The van der Waals surface area contributed by atoms with Crippen molar-refractivity contribution in [2.75, 3.05) is 0 Å². The lowest BCUT2D eigenvalue weighted by atomic mass is 10.1. The Hall–Kier alpha value is -2.30. The van der Waals surface area contributed by atoms with E-state index >= 15 is 0 Å². The van der Waals surface area contributed by atoms with Crippen LogP contribution in [0.3, 0.4) is 0 Å². The Morgan fingerprint density at radius 1 is 1.42 bits per heavy atom. The van der Waals surface area contributed by atoms with Gasteiger partial charge in [0.05, 0.1) is 17.1 Å². The van der Waals surface area contributed by atoms with E-state index in [2.05, 4.69) is 10.3 Å². The maximum absolute atomic E-state index is 8.76. The number of oxime groups is 1. The molecule has 0 aliphatic carbocycles. The molecule has 0 aliphatic heterocycles. The van der Waals surface area contributed by atoms with Gasteiger partial charge in [-0.2, -0.15) is 5.10 Å². The molecule has 1 heterocycles. The third kappa shape index (κ3) is 3.13. The summed E-state index contributed by atoms with van der Waals surface area (Å²) in [5.41, 5.74) is 3.37. The molecule has 0 saturated carbocycles. The molecule has 0 aliphatic rings. The predicted molar refractivity (Wildman–Crippen MR) is 72.7 cm³/mol. The van der Waals surface area contributed by atoms with Crippen molar-refractivity contribution in [2.24, 2.45) is 12.2 Å². The molecule has 0 spiro atoms. The molecule has 0 unspecified atom stereocenters. The van der Waals surface area contributed by atoms with Crippen molar-refractivity contribution >= 4 is 5.71 Å². The van der Waals surface area contributed by atoms with Gasteiger partial charge < -0.3 is 9.94 Å². The third-order valence-corrected chi connectivity index (χ3v) is 2.89. The number of rotatable bonds is 4. The van der Waals surface area contributed by atoms with Crippen LogP contribution < -0.4 is 4.74 Å². The summed E-state index contributed by atoms with van der Waals surface area (Å²) in [5.74, 6) is 0.736. The van der Waals surface area contributed by atoms with Gasteiger partial charge in [-0.3, -0.25) is 4.68 Å². The highest BCUT2D eigenvalue weighted by atomic mass is 16.5. The molecule has 0 radical (unpaired) electrons. The molecule has 0 amide bonds. The topological polar surface area (TPSA) is 59.6 Å². The van der Waals surface area contributed by atoms with Crippen LogP contribution in [-0.4, -0.2) is 20.7 Å². The van der Waals surface area contributed by atoms with Crippen LogP contribution in [0, 0.1) is 6.92 Å². The van der Waals surface area contributed by atoms with Crippen LogP contribution in [0.4, 0.5) is 0 Å². The van der Waals surface area contributed by atoms with E-state index < -0.39 is 0 Å². The molecule has 0 atom stereocenters. The lowest BCUT2D eigenvalue weighted by molar-refractivity contribution is 0.294. The normalized spacial score (nSPS) is 11.6. The monoisotopic (exact) mass is 259 g/mol. The summed E-state index contributed by atoms with van der Waals surface area (Å²) in [6.45, 7) is 4.14. The van der Waals surface area contributed by atoms with Gasteiger partial charge in [0.15, 0.2) is 0 Å². The zero-order chi connectivity index (χ0) is 13.8. The van der Waals surface area contributed by atoms with Crippen LogP contribution in [0.25, 0.3) is 0 Å². The Morgan fingerprint density at radius 2 is 2.21 bits per heavy atom. The van der Waals surface area contributed by atoms with Crippen LogP contribution in [-0.2, 0) is 13.7 Å². The summed E-state index contributed by atoms with van der Waals surface area (Å²) in [7, 11) is 1.89. The summed E-state index contributed by atoms with van der Waals surface area (Å²) >= 11 is 0. The van der Waals surface area contributed by atoms with E-state index in [1.54, 1.807) is 11.6 Å². The predicted octanol–water partition coefficient (Wildman–Crippen LogP) is 2.51. The van der Waals surface area contributed by atoms with Gasteiger partial charge in [0, 0.05) is 12.6 Å². The van der Waals surface area contributed by atoms with Crippen LogP contribution in [0.15, 0.2) is 35.5 Å². The number of hydrogen-bond acceptors (Lipinski definition) is 4. The molecular formula is C14H17N3O2. The first-order chi connectivity index (χ1) is 9.10. The van der Waals surface area contributed by atoms with Crippen molar-refractivity contribution in [1.82, 2.24) is 9.78 Å². The lowest BCUT2D eigenvalue weighted by Gasteiger charge is -2.07. The first-order valence-corrected chi connectivity index (χ1v) is 6.01. The van der Waals surface area contributed by atoms with Gasteiger partial charge in [-0.1, -0.05) is 17.3 Å². The molecule has 5 nitrogen and oxygen atoms in total. The van der Waals surface area contributed by atoms with Gasteiger partial charge >= 0.3 is 0 Å². The van der Waals surface area contributed by atoms with E-state index in [4.69, 9.17) is 9.94 Å². The fraction of sp³-hybridized carbons (Fsp3) is 0.286. The highest BCUT2D eigenvalue weighted by Crippen LogP contribution is 2.16. The number of hydrogen-bond donors (Lipinski definition) is 1. The Kier molecular flexibility index (Phi) is 3.85. The maximum atomic E-state index is 8.76. The fourth-order valence-corrected chi connectivity index (χ4v) is 1.83. The second kappa shape index (κ2) is 5.56. The van der Waals surface area contributed by atoms with Crippen molar-refractivity contribution in [2.45, 2.75) is 20.5 Å². The van der Waals surface area contributed by atoms with Crippen molar-refractivity contribution in [1.29, 1.82) is 0 Å². The molecule has 2 aromatic rings. The van der Waals surface area contributed by atoms with Crippen molar-refractivity contribution in [3.05, 3.63) is 47.3 Å². The van der Waals surface area contributed by atoms with Gasteiger partial charge in [-0.25, -0.2) is 0 Å². The molecule has 1 aromatic carbocycles. The van der Waals surface area contributed by atoms with Gasteiger partial charge in [0.1, 0.15) is 12.4 Å². The van der Waals surface area contributed by atoms with Crippen LogP contribution in [0.1, 0.15) is 23.9 Å². The molecule has 5 heteroatoms.